The van der Waals surface area contributed by atoms with Crippen LogP contribution in [0.2, 0.25) is 0 Å². The summed E-state index contributed by atoms with van der Waals surface area (Å²) >= 11 is 0. The van der Waals surface area contributed by atoms with Crippen LogP contribution in [0.15, 0.2) is 78.9 Å². The predicted octanol–water partition coefficient (Wildman–Crippen LogP) is 4.37. The number of carbonyl (C=O) groups is 2. The SMILES string of the molecule is CC(Oc1ccc([N+](=O)[O-])cc1)C(=O)Oc1cccc(C(=O)OCCc2ccccc2)c1. The highest BCUT2D eigenvalue weighted by Gasteiger charge is 2.19. The fourth-order valence-corrected chi connectivity index (χ4v) is 2.77. The van der Waals surface area contributed by atoms with Crippen LogP contribution in [0.5, 0.6) is 11.5 Å². The van der Waals surface area contributed by atoms with Crippen LogP contribution in [0.25, 0.3) is 0 Å². The summed E-state index contributed by atoms with van der Waals surface area (Å²) in [5.41, 5.74) is 1.23. The van der Waals surface area contributed by atoms with Gasteiger partial charge in [0.15, 0.2) is 6.10 Å². The van der Waals surface area contributed by atoms with Gasteiger partial charge in [-0.2, -0.15) is 0 Å². The van der Waals surface area contributed by atoms with E-state index in [0.717, 1.165) is 5.56 Å². The highest BCUT2D eigenvalue weighted by atomic mass is 16.6. The summed E-state index contributed by atoms with van der Waals surface area (Å²) in [5, 5.41) is 10.7. The van der Waals surface area contributed by atoms with Gasteiger partial charge >= 0.3 is 11.9 Å². The number of carbonyl (C=O) groups excluding carboxylic acids is 2. The minimum atomic E-state index is -0.974. The molecule has 0 aliphatic heterocycles. The van der Waals surface area contributed by atoms with Gasteiger partial charge in [0.1, 0.15) is 11.5 Å². The molecule has 0 saturated carbocycles. The van der Waals surface area contributed by atoms with Crippen molar-refractivity contribution in [1.82, 2.24) is 0 Å². The molecule has 3 aromatic carbocycles. The van der Waals surface area contributed by atoms with E-state index in [-0.39, 0.29) is 29.4 Å². The third-order valence-corrected chi connectivity index (χ3v) is 4.45. The van der Waals surface area contributed by atoms with Crippen LogP contribution in [-0.4, -0.2) is 29.6 Å². The molecule has 0 radical (unpaired) electrons. The summed E-state index contributed by atoms with van der Waals surface area (Å²) in [7, 11) is 0. The highest BCUT2D eigenvalue weighted by molar-refractivity contribution is 5.90. The molecule has 0 N–H and O–H groups in total. The van der Waals surface area contributed by atoms with Crippen LogP contribution in [0.1, 0.15) is 22.8 Å². The molecule has 0 heterocycles. The van der Waals surface area contributed by atoms with Crippen molar-refractivity contribution in [3.05, 3.63) is 100 Å². The van der Waals surface area contributed by atoms with Crippen molar-refractivity contribution in [3.63, 3.8) is 0 Å². The van der Waals surface area contributed by atoms with Crippen LogP contribution in [0.4, 0.5) is 5.69 Å². The molecule has 164 valence electrons. The van der Waals surface area contributed by atoms with Gasteiger partial charge in [-0.15, -0.1) is 0 Å². The van der Waals surface area contributed by atoms with Gasteiger partial charge in [0, 0.05) is 18.6 Å². The number of rotatable bonds is 9. The first-order chi connectivity index (χ1) is 15.4. The average molecular weight is 435 g/mol. The van der Waals surface area contributed by atoms with Crippen molar-refractivity contribution < 1.29 is 28.7 Å². The fourth-order valence-electron chi connectivity index (χ4n) is 2.77. The van der Waals surface area contributed by atoms with E-state index in [1.54, 1.807) is 12.1 Å². The van der Waals surface area contributed by atoms with E-state index >= 15 is 0 Å². The molecule has 32 heavy (non-hydrogen) atoms. The second-order valence-electron chi connectivity index (χ2n) is 6.83. The maximum atomic E-state index is 12.3. The molecule has 0 spiro atoms. The van der Waals surface area contributed by atoms with Crippen molar-refractivity contribution in [3.8, 4) is 11.5 Å². The summed E-state index contributed by atoms with van der Waals surface area (Å²) < 4.78 is 16.1. The number of nitro groups is 1. The zero-order chi connectivity index (χ0) is 22.9. The van der Waals surface area contributed by atoms with Gasteiger partial charge in [-0.05, 0) is 42.8 Å². The van der Waals surface area contributed by atoms with Crippen LogP contribution in [0.3, 0.4) is 0 Å². The molecule has 0 saturated heterocycles. The Morgan fingerprint density at radius 3 is 2.34 bits per heavy atom. The summed E-state index contributed by atoms with van der Waals surface area (Å²) in [6.45, 7) is 1.72. The minimum Gasteiger partial charge on any atom is -0.479 e. The maximum Gasteiger partial charge on any atom is 0.352 e. The number of nitro benzene ring substituents is 1. The van der Waals surface area contributed by atoms with Crippen molar-refractivity contribution >= 4 is 17.6 Å². The Morgan fingerprint density at radius 1 is 0.938 bits per heavy atom. The van der Waals surface area contributed by atoms with Crippen LogP contribution >= 0.6 is 0 Å². The van der Waals surface area contributed by atoms with E-state index < -0.39 is 23.0 Å². The lowest BCUT2D eigenvalue weighted by Crippen LogP contribution is -2.28. The lowest BCUT2D eigenvalue weighted by molar-refractivity contribution is -0.384. The highest BCUT2D eigenvalue weighted by Crippen LogP contribution is 2.20. The zero-order valence-corrected chi connectivity index (χ0v) is 17.3. The maximum absolute atomic E-state index is 12.3. The standard InChI is InChI=1S/C24H21NO7/c1-17(31-21-12-10-20(11-13-21)25(28)29)23(26)32-22-9-5-8-19(16-22)24(27)30-15-14-18-6-3-2-4-7-18/h2-13,16-17H,14-15H2,1H3. The Balaban J connectivity index is 1.53. The fraction of sp³-hybridized carbons (Fsp3) is 0.167. The van der Waals surface area contributed by atoms with Gasteiger partial charge < -0.3 is 14.2 Å². The second kappa shape index (κ2) is 10.7. The molecule has 3 rings (SSSR count). The Kier molecular flexibility index (Phi) is 7.53. The number of hydrogen-bond donors (Lipinski definition) is 0. The zero-order valence-electron chi connectivity index (χ0n) is 17.3. The molecule has 0 fully saturated rings. The first-order valence-corrected chi connectivity index (χ1v) is 9.86. The lowest BCUT2D eigenvalue weighted by atomic mass is 10.2. The molecular formula is C24H21NO7. The molecule has 8 heteroatoms. The number of ether oxygens (including phenoxy) is 3. The first kappa shape index (κ1) is 22.5. The molecule has 8 nitrogen and oxygen atoms in total. The van der Waals surface area contributed by atoms with Crippen molar-refractivity contribution in [2.24, 2.45) is 0 Å². The van der Waals surface area contributed by atoms with Crippen LogP contribution < -0.4 is 9.47 Å². The molecule has 0 bridgehead atoms. The Hall–Kier alpha value is -4.20. The number of nitrogens with zero attached hydrogens (tertiary/aromatic N) is 1. The minimum absolute atomic E-state index is 0.0833. The van der Waals surface area contributed by atoms with Crippen LogP contribution in [0, 0.1) is 10.1 Å². The van der Waals surface area contributed by atoms with E-state index in [4.69, 9.17) is 14.2 Å². The second-order valence-corrected chi connectivity index (χ2v) is 6.83. The molecule has 1 atom stereocenters. The topological polar surface area (TPSA) is 105 Å². The number of non-ortho nitro benzene ring substituents is 1. The number of esters is 2. The van der Waals surface area contributed by atoms with Crippen LogP contribution in [-0.2, 0) is 16.0 Å². The normalized spacial score (nSPS) is 11.3. The molecule has 1 unspecified atom stereocenters. The summed E-state index contributed by atoms with van der Waals surface area (Å²) in [4.78, 5) is 34.8. The Bertz CT molecular complexity index is 1080. The molecule has 0 aliphatic rings. The summed E-state index contributed by atoms with van der Waals surface area (Å²) in [6, 6.07) is 21.1. The summed E-state index contributed by atoms with van der Waals surface area (Å²) in [5.74, 6) is -0.741. The first-order valence-electron chi connectivity index (χ1n) is 9.86. The van der Waals surface area contributed by atoms with Gasteiger partial charge in [-0.25, -0.2) is 9.59 Å². The third kappa shape index (κ3) is 6.40. The van der Waals surface area contributed by atoms with E-state index in [1.165, 1.54) is 43.3 Å². The number of benzene rings is 3. The lowest BCUT2D eigenvalue weighted by Gasteiger charge is -2.14. The van der Waals surface area contributed by atoms with E-state index in [1.807, 2.05) is 30.3 Å². The van der Waals surface area contributed by atoms with Gasteiger partial charge in [0.2, 0.25) is 0 Å². The molecule has 0 aliphatic carbocycles. The third-order valence-electron chi connectivity index (χ3n) is 4.45. The van der Waals surface area contributed by atoms with Gasteiger partial charge in [-0.1, -0.05) is 36.4 Å². The van der Waals surface area contributed by atoms with E-state index in [0.29, 0.717) is 6.42 Å². The smallest absolute Gasteiger partial charge is 0.352 e. The van der Waals surface area contributed by atoms with Crippen molar-refractivity contribution in [2.45, 2.75) is 19.4 Å². The van der Waals surface area contributed by atoms with Crippen molar-refractivity contribution in [1.29, 1.82) is 0 Å². The Labute approximate surface area is 184 Å². The largest absolute Gasteiger partial charge is 0.479 e. The summed E-state index contributed by atoms with van der Waals surface area (Å²) in [6.07, 6.45) is -0.378. The van der Waals surface area contributed by atoms with E-state index in [9.17, 15) is 19.7 Å². The quantitative estimate of drug-likeness (QED) is 0.213. The Morgan fingerprint density at radius 2 is 1.66 bits per heavy atom. The van der Waals surface area contributed by atoms with Crippen molar-refractivity contribution in [2.75, 3.05) is 6.61 Å². The average Bonchev–Trinajstić information content (AvgIpc) is 2.80. The molecule has 0 amide bonds. The molecule has 0 aromatic heterocycles. The molecular weight excluding hydrogens is 414 g/mol. The van der Waals surface area contributed by atoms with Gasteiger partial charge in [-0.3, -0.25) is 10.1 Å². The van der Waals surface area contributed by atoms with E-state index in [2.05, 4.69) is 0 Å². The number of hydrogen-bond acceptors (Lipinski definition) is 7. The monoisotopic (exact) mass is 435 g/mol. The predicted molar refractivity (Wildman–Crippen MR) is 116 cm³/mol. The van der Waals surface area contributed by atoms with Gasteiger partial charge in [0.05, 0.1) is 17.1 Å². The molecule has 3 aromatic rings. The van der Waals surface area contributed by atoms with Gasteiger partial charge in [0.25, 0.3) is 5.69 Å².